The highest BCUT2D eigenvalue weighted by atomic mass is 32.1. The summed E-state index contributed by atoms with van der Waals surface area (Å²) in [4.78, 5) is 9.29. The highest BCUT2D eigenvalue weighted by Gasteiger charge is 1.59. The molecule has 0 unspecified atom stereocenters. The normalized spacial score (nSPS) is 5.57. The molecule has 0 atom stereocenters. The molecule has 0 aliphatic carbocycles. The Morgan fingerprint density at radius 1 is 1.71 bits per heavy atom. The van der Waals surface area contributed by atoms with Crippen molar-refractivity contribution in [3.05, 3.63) is 0 Å². The van der Waals surface area contributed by atoms with Crippen LogP contribution in [0.3, 0.4) is 0 Å². The number of thiol groups is 1. The Morgan fingerprint density at radius 3 is 2.14 bits per heavy atom. The van der Waals surface area contributed by atoms with Crippen LogP contribution in [-0.2, 0) is 4.79 Å². The van der Waals surface area contributed by atoms with E-state index in [1.54, 1.807) is 6.26 Å². The fourth-order valence-corrected chi connectivity index (χ4v) is 0.0833. The second-order valence-corrected chi connectivity index (χ2v) is 0.676. The van der Waals surface area contributed by atoms with Crippen LogP contribution in [0.25, 0.3) is 0 Å². The third kappa shape index (κ3) is 25.6. The molecule has 0 radical (unpaired) electrons. The van der Waals surface area contributed by atoms with Crippen LogP contribution in [0.5, 0.6) is 0 Å². The number of nitrogens with one attached hydrogen (secondary N) is 1. The quantitative estimate of drug-likeness (QED) is 0.399. The number of hydrogen-bond acceptors (Lipinski definition) is 2. The van der Waals surface area contributed by atoms with Crippen LogP contribution in [-0.4, -0.2) is 19.2 Å². The Hall–Kier alpha value is -0.180. The molecule has 0 aromatic rings. The van der Waals surface area contributed by atoms with Crippen molar-refractivity contribution in [1.82, 2.24) is 5.32 Å². The van der Waals surface area contributed by atoms with Gasteiger partial charge in [-0.1, -0.05) is 0 Å². The predicted octanol–water partition coefficient (Wildman–Crippen LogP) is 0.298. The minimum absolute atomic E-state index is 0.681. The SMILES string of the molecule is CCNC=O.CS. The maximum Gasteiger partial charge on any atom is 0.207 e. The lowest BCUT2D eigenvalue weighted by atomic mass is 10.8. The van der Waals surface area contributed by atoms with Gasteiger partial charge in [-0.3, -0.25) is 4.79 Å². The molecule has 2 nitrogen and oxygen atoms in total. The first-order valence-electron chi connectivity index (χ1n) is 2.03. The first-order chi connectivity index (χ1) is 3.41. The largest absolute Gasteiger partial charge is 0.359 e. The Balaban J connectivity index is 0. The summed E-state index contributed by atoms with van der Waals surface area (Å²) in [6, 6.07) is 0. The van der Waals surface area contributed by atoms with Gasteiger partial charge in [0.1, 0.15) is 0 Å². The van der Waals surface area contributed by atoms with Crippen LogP contribution in [0.4, 0.5) is 0 Å². The highest BCUT2D eigenvalue weighted by Crippen LogP contribution is 1.37. The fourth-order valence-electron chi connectivity index (χ4n) is 0.0833. The van der Waals surface area contributed by atoms with Crippen LogP contribution >= 0.6 is 12.6 Å². The molecule has 0 aromatic heterocycles. The zero-order valence-electron chi connectivity index (χ0n) is 4.64. The van der Waals surface area contributed by atoms with Gasteiger partial charge in [0.05, 0.1) is 0 Å². The summed E-state index contributed by atoms with van der Waals surface area (Å²) in [6.07, 6.45) is 2.38. The van der Waals surface area contributed by atoms with Crippen LogP contribution in [0, 0.1) is 0 Å². The third-order valence-corrected chi connectivity index (χ3v) is 0.287. The van der Waals surface area contributed by atoms with Gasteiger partial charge in [-0.25, -0.2) is 0 Å². The maximum atomic E-state index is 9.29. The Kier molecular flexibility index (Phi) is 24.2. The molecule has 44 valence electrons. The molecule has 1 amide bonds. The van der Waals surface area contributed by atoms with Crippen molar-refractivity contribution in [3.63, 3.8) is 0 Å². The van der Waals surface area contributed by atoms with E-state index in [0.717, 1.165) is 6.54 Å². The third-order valence-electron chi connectivity index (χ3n) is 0.287. The monoisotopic (exact) mass is 121 g/mol. The van der Waals surface area contributed by atoms with Gasteiger partial charge in [0.25, 0.3) is 0 Å². The molecule has 0 aliphatic rings. The van der Waals surface area contributed by atoms with Crippen molar-refractivity contribution in [3.8, 4) is 0 Å². The lowest BCUT2D eigenvalue weighted by Gasteiger charge is -1.78. The van der Waals surface area contributed by atoms with Gasteiger partial charge in [-0.05, 0) is 13.2 Å². The van der Waals surface area contributed by atoms with Crippen molar-refractivity contribution in [2.24, 2.45) is 0 Å². The van der Waals surface area contributed by atoms with Gasteiger partial charge in [-0.2, -0.15) is 12.6 Å². The molecule has 0 fully saturated rings. The standard InChI is InChI=1S/C3H7NO.CH4S/c1-2-4-3-5;1-2/h3H,2H2,1H3,(H,4,5);2H,1H3. The average molecular weight is 121 g/mol. The minimum atomic E-state index is 0.681. The lowest BCUT2D eigenvalue weighted by Crippen LogP contribution is -2.07. The Morgan fingerprint density at radius 2 is 2.14 bits per heavy atom. The van der Waals surface area contributed by atoms with E-state index in [4.69, 9.17) is 0 Å². The first kappa shape index (κ1) is 9.94. The van der Waals surface area contributed by atoms with E-state index in [0.29, 0.717) is 6.41 Å². The van der Waals surface area contributed by atoms with Crippen LogP contribution in [0.15, 0.2) is 0 Å². The molecule has 0 rings (SSSR count). The van der Waals surface area contributed by atoms with Gasteiger partial charge < -0.3 is 5.32 Å². The Bertz CT molecular complexity index is 32.9. The smallest absolute Gasteiger partial charge is 0.207 e. The van der Waals surface area contributed by atoms with Crippen LogP contribution in [0.2, 0.25) is 0 Å². The number of amides is 1. The van der Waals surface area contributed by atoms with Crippen LogP contribution in [0.1, 0.15) is 6.92 Å². The molecular weight excluding hydrogens is 110 g/mol. The van der Waals surface area contributed by atoms with Crippen molar-refractivity contribution in [1.29, 1.82) is 0 Å². The van der Waals surface area contributed by atoms with E-state index in [9.17, 15) is 4.79 Å². The fraction of sp³-hybridized carbons (Fsp3) is 0.750. The molecular formula is C4H11NOS. The van der Waals surface area contributed by atoms with E-state index in [1.165, 1.54) is 0 Å². The average Bonchev–Trinajstić information content (AvgIpc) is 1.75. The molecule has 0 spiro atoms. The molecule has 0 aliphatic heterocycles. The topological polar surface area (TPSA) is 29.1 Å². The van der Waals surface area contributed by atoms with Crippen molar-refractivity contribution in [2.75, 3.05) is 12.8 Å². The lowest BCUT2D eigenvalue weighted by molar-refractivity contribution is -0.109. The molecule has 0 heterocycles. The zero-order chi connectivity index (χ0) is 6.12. The minimum Gasteiger partial charge on any atom is -0.359 e. The predicted molar refractivity (Wildman–Crippen MR) is 34.7 cm³/mol. The maximum absolute atomic E-state index is 9.29. The molecule has 0 saturated carbocycles. The first-order valence-corrected chi connectivity index (χ1v) is 2.93. The van der Waals surface area contributed by atoms with E-state index in [2.05, 4.69) is 17.9 Å². The Labute approximate surface area is 49.7 Å². The number of hydrogen-bond donors (Lipinski definition) is 2. The number of rotatable bonds is 2. The van der Waals surface area contributed by atoms with E-state index >= 15 is 0 Å². The molecule has 0 aromatic carbocycles. The van der Waals surface area contributed by atoms with Gasteiger partial charge >= 0.3 is 0 Å². The second kappa shape index (κ2) is 17.0. The molecule has 0 bridgehead atoms. The summed E-state index contributed by atoms with van der Waals surface area (Å²) >= 11 is 3.53. The van der Waals surface area contributed by atoms with Crippen molar-refractivity contribution >= 4 is 19.0 Å². The summed E-state index contributed by atoms with van der Waals surface area (Å²) in [5.41, 5.74) is 0. The van der Waals surface area contributed by atoms with Gasteiger partial charge in [0.15, 0.2) is 0 Å². The zero-order valence-corrected chi connectivity index (χ0v) is 5.53. The summed E-state index contributed by atoms with van der Waals surface area (Å²) in [5, 5.41) is 2.43. The summed E-state index contributed by atoms with van der Waals surface area (Å²) < 4.78 is 0. The second-order valence-electron chi connectivity index (χ2n) is 0.676. The van der Waals surface area contributed by atoms with Crippen molar-refractivity contribution in [2.45, 2.75) is 6.92 Å². The summed E-state index contributed by atoms with van der Waals surface area (Å²) in [7, 11) is 0. The number of carbonyl (C=O) groups is 1. The molecule has 7 heavy (non-hydrogen) atoms. The molecule has 3 heteroatoms. The van der Waals surface area contributed by atoms with Gasteiger partial charge in [0.2, 0.25) is 6.41 Å². The van der Waals surface area contributed by atoms with Crippen molar-refractivity contribution < 1.29 is 4.79 Å². The van der Waals surface area contributed by atoms with Gasteiger partial charge in [-0.15, -0.1) is 0 Å². The molecule has 0 saturated heterocycles. The van der Waals surface area contributed by atoms with E-state index < -0.39 is 0 Å². The van der Waals surface area contributed by atoms with Gasteiger partial charge in [0, 0.05) is 6.54 Å². The van der Waals surface area contributed by atoms with E-state index in [1.807, 2.05) is 6.92 Å². The van der Waals surface area contributed by atoms with Crippen LogP contribution < -0.4 is 5.32 Å². The molecule has 1 N–H and O–H groups in total. The summed E-state index contributed by atoms with van der Waals surface area (Å²) in [5.74, 6) is 0. The highest BCUT2D eigenvalue weighted by molar-refractivity contribution is 7.79. The number of carbonyl (C=O) groups excluding carboxylic acids is 1. The summed E-state index contributed by atoms with van der Waals surface area (Å²) in [6.45, 7) is 2.60. The van der Waals surface area contributed by atoms with E-state index in [-0.39, 0.29) is 0 Å².